The second-order valence-corrected chi connectivity index (χ2v) is 6.94. The number of amides is 1. The van der Waals surface area contributed by atoms with Crippen molar-refractivity contribution >= 4 is 17.2 Å². The zero-order valence-corrected chi connectivity index (χ0v) is 14.6. The fourth-order valence-corrected chi connectivity index (χ4v) is 3.62. The molecular weight excluding hydrogens is 322 g/mol. The molecule has 2 aromatic rings. The van der Waals surface area contributed by atoms with Crippen LogP contribution in [0, 0.1) is 0 Å². The van der Waals surface area contributed by atoms with Crippen molar-refractivity contribution in [2.45, 2.75) is 31.3 Å². The van der Waals surface area contributed by atoms with Gasteiger partial charge in [-0.15, -0.1) is 11.3 Å². The summed E-state index contributed by atoms with van der Waals surface area (Å²) in [6.07, 6.45) is 1.75. The van der Waals surface area contributed by atoms with Crippen LogP contribution in [0.2, 0.25) is 0 Å². The Kier molecular flexibility index (Phi) is 5.60. The Labute approximate surface area is 146 Å². The minimum absolute atomic E-state index is 0.115. The molecule has 5 nitrogen and oxygen atoms in total. The molecule has 2 N–H and O–H groups in total. The molecule has 0 aliphatic carbocycles. The summed E-state index contributed by atoms with van der Waals surface area (Å²) in [6.45, 7) is 4.15. The summed E-state index contributed by atoms with van der Waals surface area (Å²) < 4.78 is 5.53. The summed E-state index contributed by atoms with van der Waals surface area (Å²) in [5.74, 6) is -0.115. The van der Waals surface area contributed by atoms with Gasteiger partial charge in [-0.05, 0) is 25.3 Å². The third-order valence-electron chi connectivity index (χ3n) is 4.52. The lowest BCUT2D eigenvalue weighted by Gasteiger charge is -2.40. The topological polar surface area (TPSA) is 63.2 Å². The van der Waals surface area contributed by atoms with Gasteiger partial charge in [-0.1, -0.05) is 30.3 Å². The SMILES string of the molecule is CC(NC1(CNC(=O)c2cscn2)CCOCC1)c1ccccc1. The molecule has 1 atom stereocenters. The molecule has 0 bridgehead atoms. The van der Waals surface area contributed by atoms with E-state index < -0.39 is 0 Å². The van der Waals surface area contributed by atoms with Gasteiger partial charge in [0, 0.05) is 36.7 Å². The van der Waals surface area contributed by atoms with Crippen LogP contribution in [0.3, 0.4) is 0 Å². The van der Waals surface area contributed by atoms with Gasteiger partial charge in [-0.2, -0.15) is 0 Å². The molecule has 24 heavy (non-hydrogen) atoms. The monoisotopic (exact) mass is 345 g/mol. The van der Waals surface area contributed by atoms with Crippen molar-refractivity contribution in [1.82, 2.24) is 15.6 Å². The van der Waals surface area contributed by atoms with E-state index in [9.17, 15) is 4.79 Å². The van der Waals surface area contributed by atoms with Crippen LogP contribution in [0.1, 0.15) is 41.9 Å². The molecule has 1 aromatic carbocycles. The second-order valence-electron chi connectivity index (χ2n) is 6.23. The van der Waals surface area contributed by atoms with Crippen LogP contribution in [0.5, 0.6) is 0 Å². The van der Waals surface area contributed by atoms with Gasteiger partial charge in [0.25, 0.3) is 5.91 Å². The highest BCUT2D eigenvalue weighted by Gasteiger charge is 2.34. The summed E-state index contributed by atoms with van der Waals surface area (Å²) in [5.41, 5.74) is 3.25. The van der Waals surface area contributed by atoms with Gasteiger partial charge in [0.05, 0.1) is 5.51 Å². The van der Waals surface area contributed by atoms with Crippen LogP contribution in [0.4, 0.5) is 0 Å². The lowest BCUT2D eigenvalue weighted by molar-refractivity contribution is 0.0332. The number of nitrogens with one attached hydrogen (secondary N) is 2. The molecule has 0 spiro atoms. The maximum Gasteiger partial charge on any atom is 0.270 e. The molecule has 6 heteroatoms. The largest absolute Gasteiger partial charge is 0.381 e. The highest BCUT2D eigenvalue weighted by atomic mass is 32.1. The van der Waals surface area contributed by atoms with Crippen LogP contribution in [0.15, 0.2) is 41.2 Å². The molecule has 1 fully saturated rings. The minimum atomic E-state index is -0.154. The van der Waals surface area contributed by atoms with E-state index in [0.29, 0.717) is 25.5 Å². The van der Waals surface area contributed by atoms with E-state index in [0.717, 1.165) is 12.8 Å². The van der Waals surface area contributed by atoms with Gasteiger partial charge in [0.1, 0.15) is 5.69 Å². The van der Waals surface area contributed by atoms with Crippen LogP contribution in [0.25, 0.3) is 0 Å². The maximum atomic E-state index is 12.2. The summed E-state index contributed by atoms with van der Waals surface area (Å²) >= 11 is 1.43. The Morgan fingerprint density at radius 2 is 2.08 bits per heavy atom. The molecule has 1 amide bonds. The van der Waals surface area contributed by atoms with Crippen molar-refractivity contribution in [3.05, 3.63) is 52.5 Å². The van der Waals surface area contributed by atoms with Gasteiger partial charge in [0.15, 0.2) is 0 Å². The van der Waals surface area contributed by atoms with Gasteiger partial charge >= 0.3 is 0 Å². The molecule has 1 aliphatic rings. The Hall–Kier alpha value is -1.76. The van der Waals surface area contributed by atoms with Crippen LogP contribution >= 0.6 is 11.3 Å². The third kappa shape index (κ3) is 4.20. The van der Waals surface area contributed by atoms with Crippen molar-refractivity contribution < 1.29 is 9.53 Å². The fourth-order valence-electron chi connectivity index (χ4n) is 3.08. The number of benzene rings is 1. The average molecular weight is 345 g/mol. The van der Waals surface area contributed by atoms with Crippen LogP contribution in [-0.2, 0) is 4.74 Å². The Morgan fingerprint density at radius 3 is 2.75 bits per heavy atom. The molecule has 1 aliphatic heterocycles. The first-order valence-corrected chi connectivity index (χ1v) is 9.20. The number of carbonyl (C=O) groups is 1. The minimum Gasteiger partial charge on any atom is -0.381 e. The fraction of sp³-hybridized carbons (Fsp3) is 0.444. The van der Waals surface area contributed by atoms with Crippen molar-refractivity contribution in [2.24, 2.45) is 0 Å². The Bertz CT molecular complexity index is 640. The third-order valence-corrected chi connectivity index (χ3v) is 5.11. The number of ether oxygens (including phenoxy) is 1. The predicted octanol–water partition coefficient (Wildman–Crippen LogP) is 2.77. The lowest BCUT2D eigenvalue weighted by atomic mass is 9.88. The van der Waals surface area contributed by atoms with Gasteiger partial charge in [-0.3, -0.25) is 4.79 Å². The molecule has 128 valence electrons. The molecule has 0 saturated carbocycles. The van der Waals surface area contributed by atoms with E-state index >= 15 is 0 Å². The number of rotatable bonds is 6. The van der Waals surface area contributed by atoms with E-state index in [1.54, 1.807) is 10.9 Å². The second kappa shape index (κ2) is 7.88. The molecule has 3 rings (SSSR count). The average Bonchev–Trinajstić information content (AvgIpc) is 3.16. The van der Waals surface area contributed by atoms with Crippen molar-refractivity contribution in [3.8, 4) is 0 Å². The Morgan fingerprint density at radius 1 is 1.33 bits per heavy atom. The van der Waals surface area contributed by atoms with E-state index in [-0.39, 0.29) is 17.5 Å². The highest BCUT2D eigenvalue weighted by Crippen LogP contribution is 2.25. The number of aromatic nitrogens is 1. The zero-order chi connectivity index (χ0) is 16.8. The number of hydrogen-bond acceptors (Lipinski definition) is 5. The van der Waals surface area contributed by atoms with Gasteiger partial charge < -0.3 is 15.4 Å². The van der Waals surface area contributed by atoms with E-state index in [2.05, 4.69) is 34.7 Å². The summed E-state index contributed by atoms with van der Waals surface area (Å²) in [5, 5.41) is 8.55. The number of thiazole rings is 1. The van der Waals surface area contributed by atoms with E-state index in [4.69, 9.17) is 4.74 Å². The molecule has 0 radical (unpaired) electrons. The quantitative estimate of drug-likeness (QED) is 0.845. The number of carbonyl (C=O) groups excluding carboxylic acids is 1. The van der Waals surface area contributed by atoms with E-state index in [1.807, 2.05) is 18.2 Å². The molecular formula is C18H23N3O2S. The van der Waals surface area contributed by atoms with Crippen LogP contribution < -0.4 is 10.6 Å². The molecule has 2 heterocycles. The predicted molar refractivity (Wildman–Crippen MR) is 95.2 cm³/mol. The number of hydrogen-bond donors (Lipinski definition) is 2. The summed E-state index contributed by atoms with van der Waals surface area (Å²) in [4.78, 5) is 16.3. The van der Waals surface area contributed by atoms with Gasteiger partial charge in [0.2, 0.25) is 0 Å². The van der Waals surface area contributed by atoms with Crippen LogP contribution in [-0.4, -0.2) is 36.2 Å². The summed E-state index contributed by atoms with van der Waals surface area (Å²) in [6, 6.07) is 10.6. The lowest BCUT2D eigenvalue weighted by Crippen LogP contribution is -2.57. The smallest absolute Gasteiger partial charge is 0.270 e. The first-order chi connectivity index (χ1) is 11.7. The molecule has 1 aromatic heterocycles. The Balaban J connectivity index is 1.67. The van der Waals surface area contributed by atoms with Crippen molar-refractivity contribution in [1.29, 1.82) is 0 Å². The van der Waals surface area contributed by atoms with Crippen molar-refractivity contribution in [2.75, 3.05) is 19.8 Å². The standard InChI is InChI=1S/C18H23N3O2S/c1-14(15-5-3-2-4-6-15)21-18(7-9-23-10-8-18)12-19-17(22)16-11-24-13-20-16/h2-6,11,13-14,21H,7-10,12H2,1H3,(H,19,22). The molecule has 1 unspecified atom stereocenters. The zero-order valence-electron chi connectivity index (χ0n) is 13.8. The summed E-state index contributed by atoms with van der Waals surface area (Å²) in [7, 11) is 0. The van der Waals surface area contributed by atoms with Crippen molar-refractivity contribution in [3.63, 3.8) is 0 Å². The molecule has 1 saturated heterocycles. The van der Waals surface area contributed by atoms with Gasteiger partial charge in [-0.25, -0.2) is 4.98 Å². The first kappa shape index (κ1) is 17.1. The maximum absolute atomic E-state index is 12.2. The normalized spacial score (nSPS) is 18.0. The highest BCUT2D eigenvalue weighted by molar-refractivity contribution is 7.07. The number of nitrogens with zero attached hydrogens (tertiary/aromatic N) is 1. The first-order valence-electron chi connectivity index (χ1n) is 8.25. The van der Waals surface area contributed by atoms with E-state index in [1.165, 1.54) is 16.9 Å².